The molecular formula is C65H87N18O15P3. The molecule has 0 saturated carbocycles. The van der Waals surface area contributed by atoms with Crippen LogP contribution in [0.15, 0.2) is 129 Å². The first-order chi connectivity index (χ1) is 48.2. The number of rotatable bonds is 40. The van der Waals surface area contributed by atoms with Gasteiger partial charge in [-0.05, 0) is 119 Å². The third kappa shape index (κ3) is 21.7. The van der Waals surface area contributed by atoms with Gasteiger partial charge in [0.2, 0.25) is 0 Å². The van der Waals surface area contributed by atoms with Crippen LogP contribution in [0.5, 0.6) is 17.2 Å². The van der Waals surface area contributed by atoms with Crippen molar-refractivity contribution in [3.05, 3.63) is 129 Å². The monoisotopic (exact) mass is 1450 g/mol. The molecule has 9 atom stereocenters. The van der Waals surface area contributed by atoms with E-state index in [1.54, 1.807) is 200 Å². The second-order valence-corrected chi connectivity index (χ2v) is 30.8. The van der Waals surface area contributed by atoms with Gasteiger partial charge in [-0.1, -0.05) is 54.6 Å². The van der Waals surface area contributed by atoms with E-state index in [-0.39, 0.29) is 33.0 Å². The van der Waals surface area contributed by atoms with Crippen molar-refractivity contribution in [2.75, 3.05) is 47.9 Å². The normalized spacial score (nSPS) is 15.4. The molecule has 0 bridgehead atoms. The molecule has 101 heavy (non-hydrogen) atoms. The molecule has 0 aliphatic rings. The number of fused-ring (bicyclic) bond motifs is 3. The van der Waals surface area contributed by atoms with Crippen molar-refractivity contribution in [1.82, 2.24) is 73.8 Å². The van der Waals surface area contributed by atoms with Gasteiger partial charge in [0, 0.05) is 0 Å². The lowest BCUT2D eigenvalue weighted by atomic mass is 10.3. The highest BCUT2D eigenvalue weighted by atomic mass is 31.2. The summed E-state index contributed by atoms with van der Waals surface area (Å²) < 4.78 is 101. The quantitative estimate of drug-likeness (QED) is 0.0103. The lowest BCUT2D eigenvalue weighted by molar-refractivity contribution is -0.149. The number of imidazole rings is 3. The molecule has 9 rings (SSSR count). The smallest absolute Gasteiger partial charge is 0.342 e. The van der Waals surface area contributed by atoms with Gasteiger partial charge >= 0.3 is 40.5 Å². The Kier molecular flexibility index (Phi) is 26.4. The van der Waals surface area contributed by atoms with Crippen molar-refractivity contribution in [1.29, 1.82) is 0 Å². The summed E-state index contributed by atoms with van der Waals surface area (Å²) in [6.07, 6.45) is 4.73. The third-order valence-electron chi connectivity index (χ3n) is 14.6. The zero-order chi connectivity index (χ0) is 72.4. The summed E-state index contributed by atoms with van der Waals surface area (Å²) >= 11 is 0. The molecule has 36 heteroatoms. The molecule has 0 amide bonds. The molecule has 542 valence electrons. The molecule has 6 aromatic heterocycles. The topological polar surface area (TPSA) is 380 Å². The Morgan fingerprint density at radius 3 is 1.02 bits per heavy atom. The SMILES string of the molecule is CC(C)OC(=O)[C@H](C)N[P@](=O)(CO[C@H](C)Cn1cnc2c(NCN(CNc3ncnc4c3ncn4C[C@@H](C)OC[P@@](=O)(N[C@@H](C)C(=O)OC(C)C)Oc3ccccc3)c3ncnc4c3ncn4C[C@@H](C)OC[P@@](=O)(N[C@@H](C)C(=O)OC(C)C)Oc3ccccc3)ncnc21)Oc1ccccc1. The van der Waals surface area contributed by atoms with Crippen LogP contribution in [0.1, 0.15) is 83.1 Å². The highest BCUT2D eigenvalue weighted by molar-refractivity contribution is 7.57. The Bertz CT molecular complexity index is 4160. The van der Waals surface area contributed by atoms with Crippen LogP contribution in [0.3, 0.4) is 0 Å². The van der Waals surface area contributed by atoms with Crippen LogP contribution in [0.25, 0.3) is 33.5 Å². The molecule has 0 spiro atoms. The highest BCUT2D eigenvalue weighted by Crippen LogP contribution is 2.47. The summed E-state index contributed by atoms with van der Waals surface area (Å²) in [7, 11) is -11.7. The minimum atomic E-state index is -3.91. The molecule has 0 fully saturated rings. The summed E-state index contributed by atoms with van der Waals surface area (Å²) in [5.74, 6) is 0.181. The summed E-state index contributed by atoms with van der Waals surface area (Å²) in [5.41, 5.74) is 2.50. The minimum Gasteiger partial charge on any atom is -0.462 e. The molecule has 0 aliphatic heterocycles. The van der Waals surface area contributed by atoms with Crippen molar-refractivity contribution in [3.63, 3.8) is 0 Å². The molecular weight excluding hydrogens is 1370 g/mol. The van der Waals surface area contributed by atoms with E-state index < -0.39 is 114 Å². The highest BCUT2D eigenvalue weighted by Gasteiger charge is 2.36. The van der Waals surface area contributed by atoms with Crippen LogP contribution in [0.4, 0.5) is 17.5 Å². The van der Waals surface area contributed by atoms with Gasteiger partial charge in [0.25, 0.3) is 0 Å². The fourth-order valence-electron chi connectivity index (χ4n) is 10.0. The number of anilines is 3. The lowest BCUT2D eigenvalue weighted by Crippen LogP contribution is -2.37. The molecule has 0 aliphatic carbocycles. The maximum absolute atomic E-state index is 14.5. The lowest BCUT2D eigenvalue weighted by Gasteiger charge is -2.25. The number of ether oxygens (including phenoxy) is 6. The molecule has 5 N–H and O–H groups in total. The van der Waals surface area contributed by atoms with Gasteiger partial charge in [0.15, 0.2) is 39.9 Å². The van der Waals surface area contributed by atoms with Gasteiger partial charge in [0.05, 0.1) is 88.6 Å². The summed E-state index contributed by atoms with van der Waals surface area (Å²) in [5, 5.41) is 15.3. The van der Waals surface area contributed by atoms with Crippen LogP contribution in [-0.4, -0.2) is 164 Å². The second kappa shape index (κ2) is 35.0. The van der Waals surface area contributed by atoms with Crippen molar-refractivity contribution < 1.29 is 70.1 Å². The predicted octanol–water partition coefficient (Wildman–Crippen LogP) is 9.74. The minimum absolute atomic E-state index is 0.00551. The van der Waals surface area contributed by atoms with E-state index >= 15 is 0 Å². The maximum atomic E-state index is 14.5. The largest absolute Gasteiger partial charge is 0.462 e. The van der Waals surface area contributed by atoms with E-state index in [0.29, 0.717) is 68.2 Å². The first-order valence-corrected chi connectivity index (χ1v) is 38.2. The van der Waals surface area contributed by atoms with Gasteiger partial charge < -0.3 is 71.2 Å². The number of carbonyl (C=O) groups is 3. The Morgan fingerprint density at radius 2 is 0.703 bits per heavy atom. The van der Waals surface area contributed by atoms with E-state index in [1.807, 2.05) is 4.90 Å². The molecule has 33 nitrogen and oxygen atoms in total. The van der Waals surface area contributed by atoms with Gasteiger partial charge in [-0.2, -0.15) is 0 Å². The Morgan fingerprint density at radius 1 is 0.406 bits per heavy atom. The van der Waals surface area contributed by atoms with E-state index in [4.69, 9.17) is 61.9 Å². The van der Waals surface area contributed by atoms with Crippen LogP contribution in [0, 0.1) is 0 Å². The van der Waals surface area contributed by atoms with Crippen molar-refractivity contribution in [2.45, 2.75) is 157 Å². The van der Waals surface area contributed by atoms with E-state index in [9.17, 15) is 28.1 Å². The van der Waals surface area contributed by atoms with Gasteiger partial charge in [0.1, 0.15) is 84.4 Å². The van der Waals surface area contributed by atoms with Crippen LogP contribution >= 0.6 is 22.6 Å². The summed E-state index contributed by atoms with van der Waals surface area (Å²) in [4.78, 5) is 82.4. The fourth-order valence-corrected chi connectivity index (χ4v) is 15.4. The van der Waals surface area contributed by atoms with Crippen LogP contribution in [-0.2, 0) is 76.1 Å². The van der Waals surface area contributed by atoms with E-state index in [0.717, 1.165) is 0 Å². The average Bonchev–Trinajstić information content (AvgIpc) is 1.66. The van der Waals surface area contributed by atoms with Gasteiger partial charge in [-0.25, -0.2) is 60.1 Å². The van der Waals surface area contributed by atoms with E-state index in [2.05, 4.69) is 50.8 Å². The number of carbonyl (C=O) groups excluding carboxylic acids is 3. The molecule has 3 aromatic carbocycles. The van der Waals surface area contributed by atoms with Crippen LogP contribution < -0.4 is 44.4 Å². The number of hydrogen-bond acceptors (Lipinski definition) is 27. The Hall–Kier alpha value is -9.03. The molecule has 0 radical (unpaired) electrons. The number of benzene rings is 3. The molecule has 9 aromatic rings. The summed E-state index contributed by atoms with van der Waals surface area (Å²) in [6, 6.07) is 22.7. The van der Waals surface area contributed by atoms with Crippen molar-refractivity contribution >= 4 is 91.4 Å². The predicted molar refractivity (Wildman–Crippen MR) is 377 cm³/mol. The van der Waals surface area contributed by atoms with Crippen LogP contribution in [0.2, 0.25) is 0 Å². The number of aromatic nitrogens is 12. The molecule has 0 saturated heterocycles. The number of nitrogens with zero attached hydrogens (tertiary/aromatic N) is 13. The van der Waals surface area contributed by atoms with Crippen molar-refractivity contribution in [2.24, 2.45) is 0 Å². The zero-order valence-electron chi connectivity index (χ0n) is 58.3. The maximum Gasteiger partial charge on any atom is 0.342 e. The van der Waals surface area contributed by atoms with Gasteiger partial charge in [-0.3, -0.25) is 28.1 Å². The number of esters is 3. The zero-order valence-corrected chi connectivity index (χ0v) is 60.9. The van der Waals surface area contributed by atoms with Crippen molar-refractivity contribution in [3.8, 4) is 17.2 Å². The first kappa shape index (κ1) is 76.2. The standard InChI is InChI=1S/C65H87N18O15P3/c1-42(2)93-63(84)48(10)77-99(87,96-51-22-16-13-17-23-51)39-90-45(7)28-80-34-72-54-57(66-31-68-59(54)80)75-37-83(62-56-61(70-33-71-62)82(36-74-56)30-47(9)92-41-101(89,98-53-26-20-15-21-27-53)79-50(12)65(86)95-44(5)6)38-76-58-55-60(69-32-67-58)81(35-73-55)29-46(8)91-40-100(88,97-52-24-18-14-19-25-52)78-49(11)64(85)94-43(3)4/h13-27,31-36,42-50H,28-30,37-41H2,1-12H3,(H,77,87)(H,78,88)(H,79,89)(H,66,68,75)(H,67,69,76)/t45-,46-,47-,48+,49+,50+,99+,100+,101+/m1/s1. The number of nitrogens with one attached hydrogen (secondary N) is 5. The first-order valence-electron chi connectivity index (χ1n) is 32.7. The van der Waals surface area contributed by atoms with E-state index in [1.165, 1.54) is 25.9 Å². The number of hydrogen-bond donors (Lipinski definition) is 5. The van der Waals surface area contributed by atoms with Gasteiger partial charge in [-0.15, -0.1) is 0 Å². The Balaban J connectivity index is 0.943. The number of para-hydroxylation sites is 3. The second-order valence-electron chi connectivity index (χ2n) is 24.6. The fraction of sp³-hybridized carbons (Fsp3) is 0.446. The Labute approximate surface area is 584 Å². The molecule has 0 unspecified atom stereocenters. The molecule has 6 heterocycles. The third-order valence-corrected chi connectivity index (χ3v) is 19.9. The average molecular weight is 1450 g/mol. The summed E-state index contributed by atoms with van der Waals surface area (Å²) in [6.45, 7) is 20.9.